The molecule has 0 aliphatic rings. The maximum atomic E-state index is 6.12. The molecule has 0 saturated carbocycles. The Labute approximate surface area is 298 Å². The largest absolute Gasteiger partial charge is 0.326 e. The molecular weight excluding hydrogens is 607 g/mol. The Morgan fingerprint density at radius 1 is 0.612 bits per heavy atom. The third-order valence-electron chi connectivity index (χ3n) is 9.14. The van der Waals surface area contributed by atoms with E-state index >= 15 is 0 Å². The maximum Gasteiger partial charge on any atom is 0.127 e. The number of imidazole rings is 1. The molecule has 4 heteroatoms. The van der Waals surface area contributed by atoms with Gasteiger partial charge in [-0.25, -0.2) is 4.98 Å². The molecule has 4 radical (unpaired) electrons. The molecule has 6 rings (SSSR count). The Balaban J connectivity index is 0.000000278. The zero-order valence-electron chi connectivity index (χ0n) is 29.2. The average Bonchev–Trinajstić information content (AvgIpc) is 3.71. The van der Waals surface area contributed by atoms with Gasteiger partial charge in [0, 0.05) is 12.4 Å². The van der Waals surface area contributed by atoms with Crippen LogP contribution in [0.1, 0.15) is 91.6 Å². The molecule has 1 heterocycles. The fraction of sp³-hybridized carbons (Fsp3) is 0.267. The van der Waals surface area contributed by atoms with E-state index in [2.05, 4.69) is 133 Å². The normalized spacial score (nSPS) is 11.2. The van der Waals surface area contributed by atoms with Gasteiger partial charge in [-0.05, 0) is 64.9 Å². The highest BCUT2D eigenvalue weighted by Crippen LogP contribution is 2.35. The molecule has 49 heavy (non-hydrogen) atoms. The Bertz CT molecular complexity index is 1680. The lowest BCUT2D eigenvalue weighted by Gasteiger charge is -2.37. The standard InChI is InChI=1S/C32H38N2Si.C13H11B/c1-3-5-8-14-27-16-12-18-29(24-27)32(34-23-22-33-26-34,35-31-20-10-7-11-21-31)30-19-13-17-28(25-30)15-9-6-4-2;14-13(11-7-3-1-4-8-11)12-9-5-2-6-10-12/h7,10-13,16-26H,3-6,8-9,14-15H2,1-2H3;1-10,13H. The first kappa shape index (κ1) is 35.9. The highest BCUT2D eigenvalue weighted by atomic mass is 28.2. The summed E-state index contributed by atoms with van der Waals surface area (Å²) in [6, 6.07) is 49.9. The zero-order chi connectivity index (χ0) is 34.2. The van der Waals surface area contributed by atoms with E-state index in [1.165, 1.54) is 66.0 Å². The molecule has 0 spiro atoms. The van der Waals surface area contributed by atoms with Crippen molar-refractivity contribution in [3.63, 3.8) is 0 Å². The predicted octanol–water partition coefficient (Wildman–Crippen LogP) is 10.1. The zero-order valence-corrected chi connectivity index (χ0v) is 30.2. The van der Waals surface area contributed by atoms with E-state index < -0.39 is 0 Å². The summed E-state index contributed by atoms with van der Waals surface area (Å²) in [7, 11) is 6.65. The van der Waals surface area contributed by atoms with Crippen LogP contribution < -0.4 is 5.19 Å². The Morgan fingerprint density at radius 2 is 1.10 bits per heavy atom. The van der Waals surface area contributed by atoms with Gasteiger partial charge in [0.25, 0.3) is 0 Å². The van der Waals surface area contributed by atoms with Gasteiger partial charge in [0.15, 0.2) is 0 Å². The molecule has 0 saturated heterocycles. The Hall–Kier alpha value is -4.41. The van der Waals surface area contributed by atoms with E-state index in [-0.39, 0.29) is 11.0 Å². The number of rotatable bonds is 15. The van der Waals surface area contributed by atoms with Gasteiger partial charge >= 0.3 is 0 Å². The summed E-state index contributed by atoms with van der Waals surface area (Å²) < 4.78 is 2.34. The summed E-state index contributed by atoms with van der Waals surface area (Å²) in [5.41, 5.74) is 7.85. The van der Waals surface area contributed by atoms with Gasteiger partial charge in [-0.15, -0.1) is 0 Å². The van der Waals surface area contributed by atoms with Crippen molar-refractivity contribution >= 4 is 22.6 Å². The third kappa shape index (κ3) is 9.83. The van der Waals surface area contributed by atoms with Crippen LogP contribution >= 0.6 is 0 Å². The molecule has 0 fully saturated rings. The minimum absolute atomic E-state index is 0.0163. The lowest BCUT2D eigenvalue weighted by Crippen LogP contribution is -2.46. The lowest BCUT2D eigenvalue weighted by atomic mass is 9.76. The number of unbranched alkanes of at least 4 members (excludes halogenated alkanes) is 4. The van der Waals surface area contributed by atoms with Crippen molar-refractivity contribution in [2.75, 3.05) is 0 Å². The molecule has 0 amide bonds. The van der Waals surface area contributed by atoms with Crippen LogP contribution in [-0.4, -0.2) is 26.9 Å². The summed E-state index contributed by atoms with van der Waals surface area (Å²) in [6.07, 6.45) is 15.9. The van der Waals surface area contributed by atoms with Crippen molar-refractivity contribution < 1.29 is 0 Å². The number of hydrogen-bond acceptors (Lipinski definition) is 1. The van der Waals surface area contributed by atoms with Crippen molar-refractivity contribution in [2.24, 2.45) is 0 Å². The first-order chi connectivity index (χ1) is 24.1. The second-order valence-corrected chi connectivity index (χ2v) is 14.3. The van der Waals surface area contributed by atoms with Crippen molar-refractivity contribution in [2.45, 2.75) is 76.2 Å². The van der Waals surface area contributed by atoms with E-state index in [1.807, 2.05) is 48.9 Å². The molecule has 0 N–H and O–H groups in total. The lowest BCUT2D eigenvalue weighted by molar-refractivity contribution is 0.594. The minimum Gasteiger partial charge on any atom is -0.326 e. The molecule has 0 bridgehead atoms. The number of aromatic nitrogens is 2. The molecule has 0 aliphatic heterocycles. The van der Waals surface area contributed by atoms with Crippen LogP contribution in [0.4, 0.5) is 0 Å². The van der Waals surface area contributed by atoms with Gasteiger partial charge in [0.2, 0.25) is 0 Å². The van der Waals surface area contributed by atoms with E-state index in [0.29, 0.717) is 9.52 Å². The van der Waals surface area contributed by atoms with Gasteiger partial charge in [0.05, 0.1) is 19.3 Å². The van der Waals surface area contributed by atoms with Crippen molar-refractivity contribution in [1.82, 2.24) is 9.55 Å². The Morgan fingerprint density at radius 3 is 1.55 bits per heavy atom. The predicted molar refractivity (Wildman–Crippen MR) is 210 cm³/mol. The van der Waals surface area contributed by atoms with Gasteiger partial charge in [0.1, 0.15) is 9.52 Å². The van der Waals surface area contributed by atoms with E-state index in [0.717, 1.165) is 24.0 Å². The van der Waals surface area contributed by atoms with Crippen molar-refractivity contribution in [3.05, 3.63) is 192 Å². The van der Waals surface area contributed by atoms with Crippen LogP contribution in [0.25, 0.3) is 0 Å². The summed E-state index contributed by atoms with van der Waals surface area (Å²) in [5, 5.41) is 1.02. The van der Waals surface area contributed by atoms with E-state index in [9.17, 15) is 0 Å². The number of nitrogens with zero attached hydrogens (tertiary/aromatic N) is 2. The highest BCUT2D eigenvalue weighted by molar-refractivity contribution is 6.57. The molecule has 6 aromatic rings. The molecule has 1 aromatic heterocycles. The van der Waals surface area contributed by atoms with Crippen LogP contribution in [0.15, 0.2) is 158 Å². The van der Waals surface area contributed by atoms with Crippen LogP contribution in [0.2, 0.25) is 0 Å². The quantitative estimate of drug-likeness (QED) is 0.0795. The van der Waals surface area contributed by atoms with Crippen molar-refractivity contribution in [1.29, 1.82) is 0 Å². The maximum absolute atomic E-state index is 6.12. The third-order valence-corrected chi connectivity index (χ3v) is 11.0. The number of benzene rings is 5. The molecule has 0 aliphatic carbocycles. The van der Waals surface area contributed by atoms with Gasteiger partial charge in [-0.1, -0.05) is 184 Å². The molecule has 5 aromatic carbocycles. The molecular formula is C45H49BN2Si. The van der Waals surface area contributed by atoms with Crippen LogP contribution in [0.5, 0.6) is 0 Å². The van der Waals surface area contributed by atoms with Crippen LogP contribution in [0.3, 0.4) is 0 Å². The summed E-state index contributed by atoms with van der Waals surface area (Å²) in [4.78, 5) is 4.51. The van der Waals surface area contributed by atoms with Crippen molar-refractivity contribution in [3.8, 4) is 0 Å². The van der Waals surface area contributed by atoms with E-state index in [1.54, 1.807) is 0 Å². The Kier molecular flexibility index (Phi) is 13.9. The van der Waals surface area contributed by atoms with Crippen LogP contribution in [0, 0.1) is 0 Å². The SMILES string of the molecule is CCCCCc1cccc(C([Si]c2ccccc2)(c2cccc(CCCCC)c2)n2ccnc2)c1.[B]C(c1ccccc1)c1ccccc1. The number of aryl methyl sites for hydroxylation is 2. The fourth-order valence-corrected chi connectivity index (χ4v) is 8.07. The topological polar surface area (TPSA) is 17.8 Å². The average molecular weight is 657 g/mol. The minimum atomic E-state index is -0.334. The molecule has 0 unspecified atom stereocenters. The summed E-state index contributed by atoms with van der Waals surface area (Å²) in [5.74, 6) is -0.0163. The molecule has 0 atom stereocenters. The second kappa shape index (κ2) is 19.0. The monoisotopic (exact) mass is 656 g/mol. The van der Waals surface area contributed by atoms with Gasteiger partial charge in [-0.3, -0.25) is 0 Å². The first-order valence-corrected chi connectivity index (χ1v) is 19.0. The van der Waals surface area contributed by atoms with Gasteiger partial charge < -0.3 is 4.57 Å². The summed E-state index contributed by atoms with van der Waals surface area (Å²) in [6.45, 7) is 4.55. The smallest absolute Gasteiger partial charge is 0.127 e. The fourth-order valence-electron chi connectivity index (χ4n) is 6.44. The van der Waals surface area contributed by atoms with Gasteiger partial charge in [-0.2, -0.15) is 0 Å². The first-order valence-electron chi connectivity index (χ1n) is 18.0. The van der Waals surface area contributed by atoms with E-state index in [4.69, 9.17) is 7.85 Å². The summed E-state index contributed by atoms with van der Waals surface area (Å²) >= 11 is 0. The second-order valence-electron chi connectivity index (χ2n) is 12.8. The molecule has 2 nitrogen and oxygen atoms in total. The molecule has 246 valence electrons. The van der Waals surface area contributed by atoms with Crippen LogP contribution in [-0.2, 0) is 18.0 Å². The number of hydrogen-bond donors (Lipinski definition) is 0. The highest BCUT2D eigenvalue weighted by Gasteiger charge is 2.37.